The average Bonchev–Trinajstić information content (AvgIpc) is 2.45. The van der Waals surface area contributed by atoms with Crippen LogP contribution in [0.15, 0.2) is 36.4 Å². The highest BCUT2D eigenvalue weighted by Crippen LogP contribution is 2.29. The van der Waals surface area contributed by atoms with E-state index in [9.17, 15) is 4.39 Å². The Hall–Kier alpha value is -1.91. The van der Waals surface area contributed by atoms with Crippen molar-refractivity contribution in [2.45, 2.75) is 13.1 Å². The number of ether oxygens (including phenoxy) is 1. The normalized spacial score (nSPS) is 10.5. The number of hydrogen-bond donors (Lipinski definition) is 2. The Bertz CT molecular complexity index is 584. The lowest BCUT2D eigenvalue weighted by Gasteiger charge is -2.11. The molecule has 0 aliphatic heterocycles. The van der Waals surface area contributed by atoms with Gasteiger partial charge < -0.3 is 16.2 Å². The summed E-state index contributed by atoms with van der Waals surface area (Å²) in [5, 5.41) is 0. The van der Waals surface area contributed by atoms with Crippen LogP contribution >= 0.6 is 0 Å². The van der Waals surface area contributed by atoms with Gasteiger partial charge in [0, 0.05) is 13.1 Å². The lowest BCUT2D eigenvalue weighted by atomic mass is 9.97. The molecule has 0 saturated carbocycles. The van der Waals surface area contributed by atoms with E-state index in [1.54, 1.807) is 7.11 Å². The number of nitrogens with two attached hydrogens (primary N) is 2. The van der Waals surface area contributed by atoms with Crippen LogP contribution in [-0.4, -0.2) is 7.11 Å². The van der Waals surface area contributed by atoms with E-state index in [1.165, 1.54) is 12.1 Å². The van der Waals surface area contributed by atoms with Crippen molar-refractivity contribution in [2.24, 2.45) is 11.5 Å². The molecule has 0 atom stereocenters. The van der Waals surface area contributed by atoms with Crippen molar-refractivity contribution in [2.75, 3.05) is 7.11 Å². The maximum Gasteiger partial charge on any atom is 0.124 e. The molecule has 0 fully saturated rings. The van der Waals surface area contributed by atoms with Crippen molar-refractivity contribution in [1.29, 1.82) is 0 Å². The van der Waals surface area contributed by atoms with Crippen LogP contribution in [0.2, 0.25) is 0 Å². The highest BCUT2D eigenvalue weighted by atomic mass is 19.1. The molecule has 100 valence electrons. The molecule has 0 spiro atoms. The first-order chi connectivity index (χ1) is 9.17. The molecule has 2 aromatic rings. The molecule has 4 N–H and O–H groups in total. The highest BCUT2D eigenvalue weighted by molar-refractivity contribution is 5.69. The van der Waals surface area contributed by atoms with Gasteiger partial charge in [0.1, 0.15) is 11.6 Å². The number of halogens is 1. The maximum absolute atomic E-state index is 13.6. The third-order valence-corrected chi connectivity index (χ3v) is 3.04. The molecule has 0 aliphatic carbocycles. The second kappa shape index (κ2) is 5.82. The van der Waals surface area contributed by atoms with E-state index in [4.69, 9.17) is 16.2 Å². The van der Waals surface area contributed by atoms with E-state index in [1.807, 2.05) is 24.3 Å². The number of rotatable bonds is 4. The van der Waals surface area contributed by atoms with E-state index in [0.29, 0.717) is 18.8 Å². The fourth-order valence-electron chi connectivity index (χ4n) is 2.05. The van der Waals surface area contributed by atoms with Gasteiger partial charge in [0.25, 0.3) is 0 Å². The van der Waals surface area contributed by atoms with Crippen molar-refractivity contribution in [1.82, 2.24) is 0 Å². The first-order valence-electron chi connectivity index (χ1n) is 6.05. The third-order valence-electron chi connectivity index (χ3n) is 3.04. The minimum atomic E-state index is -0.302. The predicted octanol–water partition coefficient (Wildman–Crippen LogP) is 2.42. The summed E-state index contributed by atoms with van der Waals surface area (Å²) >= 11 is 0. The Morgan fingerprint density at radius 3 is 2.47 bits per heavy atom. The van der Waals surface area contributed by atoms with Crippen LogP contribution in [0.4, 0.5) is 4.39 Å². The molecule has 0 heterocycles. The topological polar surface area (TPSA) is 61.3 Å². The summed E-state index contributed by atoms with van der Waals surface area (Å²) in [6.07, 6.45) is 0. The van der Waals surface area contributed by atoms with Gasteiger partial charge in [-0.3, -0.25) is 0 Å². The molecule has 0 radical (unpaired) electrons. The Morgan fingerprint density at radius 1 is 1.05 bits per heavy atom. The maximum atomic E-state index is 13.6. The van der Waals surface area contributed by atoms with Gasteiger partial charge in [-0.2, -0.15) is 0 Å². The van der Waals surface area contributed by atoms with Gasteiger partial charge >= 0.3 is 0 Å². The molecule has 2 aromatic carbocycles. The minimum absolute atomic E-state index is 0.298. The Morgan fingerprint density at radius 2 is 1.84 bits per heavy atom. The SMILES string of the molecule is COc1ccc(CN)c(-c2cc(F)cc(CN)c2)c1. The van der Waals surface area contributed by atoms with Gasteiger partial charge in [-0.05, 0) is 52.6 Å². The van der Waals surface area contributed by atoms with Crippen LogP contribution in [0.5, 0.6) is 5.75 Å². The van der Waals surface area contributed by atoms with Gasteiger partial charge in [0.15, 0.2) is 0 Å². The molecule has 0 saturated heterocycles. The lowest BCUT2D eigenvalue weighted by Crippen LogP contribution is -2.01. The summed E-state index contributed by atoms with van der Waals surface area (Å²) in [5.41, 5.74) is 14.6. The second-order valence-corrected chi connectivity index (χ2v) is 4.28. The zero-order chi connectivity index (χ0) is 13.8. The predicted molar refractivity (Wildman–Crippen MR) is 74.2 cm³/mol. The van der Waals surface area contributed by atoms with Crippen molar-refractivity contribution in [3.8, 4) is 16.9 Å². The molecule has 0 amide bonds. The number of methoxy groups -OCH3 is 1. The summed E-state index contributed by atoms with van der Waals surface area (Å²) in [6, 6.07) is 10.4. The Kier molecular flexibility index (Phi) is 4.14. The van der Waals surface area contributed by atoms with Gasteiger partial charge in [-0.1, -0.05) is 6.07 Å². The van der Waals surface area contributed by atoms with E-state index in [2.05, 4.69) is 0 Å². The quantitative estimate of drug-likeness (QED) is 0.887. The molecule has 4 heteroatoms. The number of hydrogen-bond acceptors (Lipinski definition) is 3. The van der Waals surface area contributed by atoms with Crippen LogP contribution < -0.4 is 16.2 Å². The molecule has 2 rings (SSSR count). The molecule has 0 unspecified atom stereocenters. The van der Waals surface area contributed by atoms with Gasteiger partial charge in [-0.25, -0.2) is 4.39 Å². The smallest absolute Gasteiger partial charge is 0.124 e. The van der Waals surface area contributed by atoms with Crippen molar-refractivity contribution in [3.63, 3.8) is 0 Å². The third kappa shape index (κ3) is 2.92. The first kappa shape index (κ1) is 13.5. The lowest BCUT2D eigenvalue weighted by molar-refractivity contribution is 0.415. The van der Waals surface area contributed by atoms with E-state index in [-0.39, 0.29) is 5.82 Å². The molecule has 3 nitrogen and oxygen atoms in total. The summed E-state index contributed by atoms with van der Waals surface area (Å²) < 4.78 is 18.8. The molecule has 0 aliphatic rings. The standard InChI is InChI=1S/C15H17FN2O/c1-19-14-3-2-11(9-18)15(7-14)12-4-10(8-17)5-13(16)6-12/h2-7H,8-9,17-18H2,1H3. The zero-order valence-electron chi connectivity index (χ0n) is 10.8. The monoisotopic (exact) mass is 260 g/mol. The molecule has 0 aromatic heterocycles. The van der Waals surface area contributed by atoms with Crippen LogP contribution in [0.25, 0.3) is 11.1 Å². The summed E-state index contributed by atoms with van der Waals surface area (Å²) in [6.45, 7) is 0.681. The second-order valence-electron chi connectivity index (χ2n) is 4.28. The van der Waals surface area contributed by atoms with E-state index in [0.717, 1.165) is 22.3 Å². The van der Waals surface area contributed by atoms with Crippen LogP contribution in [0, 0.1) is 5.82 Å². The summed E-state index contributed by atoms with van der Waals surface area (Å²) in [4.78, 5) is 0. The van der Waals surface area contributed by atoms with Gasteiger partial charge in [-0.15, -0.1) is 0 Å². The summed E-state index contributed by atoms with van der Waals surface area (Å²) in [7, 11) is 1.60. The van der Waals surface area contributed by atoms with Crippen LogP contribution in [0.1, 0.15) is 11.1 Å². The Labute approximate surface area is 112 Å². The minimum Gasteiger partial charge on any atom is -0.497 e. The fourth-order valence-corrected chi connectivity index (χ4v) is 2.05. The van der Waals surface area contributed by atoms with Crippen LogP contribution in [-0.2, 0) is 13.1 Å². The van der Waals surface area contributed by atoms with Gasteiger partial charge in [0.2, 0.25) is 0 Å². The van der Waals surface area contributed by atoms with Crippen molar-refractivity contribution in [3.05, 3.63) is 53.3 Å². The van der Waals surface area contributed by atoms with Gasteiger partial charge in [0.05, 0.1) is 7.11 Å². The van der Waals surface area contributed by atoms with Crippen molar-refractivity contribution >= 4 is 0 Å². The fraction of sp³-hybridized carbons (Fsp3) is 0.200. The molecular formula is C15H17FN2O. The number of benzene rings is 2. The summed E-state index contributed by atoms with van der Waals surface area (Å²) in [5.74, 6) is 0.412. The van der Waals surface area contributed by atoms with Crippen molar-refractivity contribution < 1.29 is 9.13 Å². The largest absolute Gasteiger partial charge is 0.497 e. The average molecular weight is 260 g/mol. The van der Waals surface area contributed by atoms with E-state index >= 15 is 0 Å². The molecule has 0 bridgehead atoms. The van der Waals surface area contributed by atoms with E-state index < -0.39 is 0 Å². The zero-order valence-corrected chi connectivity index (χ0v) is 10.8. The molecular weight excluding hydrogens is 243 g/mol. The Balaban J connectivity index is 2.59. The van der Waals surface area contributed by atoms with Crippen LogP contribution in [0.3, 0.4) is 0 Å². The first-order valence-corrected chi connectivity index (χ1v) is 6.05. The highest BCUT2D eigenvalue weighted by Gasteiger charge is 2.08. The molecule has 19 heavy (non-hydrogen) atoms.